The van der Waals surface area contributed by atoms with E-state index in [4.69, 9.17) is 5.11 Å². The van der Waals surface area contributed by atoms with Gasteiger partial charge in [-0.05, 0) is 18.2 Å². The summed E-state index contributed by atoms with van der Waals surface area (Å²) in [5.41, 5.74) is 1.66. The molecule has 1 N–H and O–H groups in total. The number of allylic oxidation sites excluding steroid dienone is 1. The average Bonchev–Trinajstić information content (AvgIpc) is 2.53. The largest absolute Gasteiger partial charge is 0.476 e. The number of carbonyl (C=O) groups is 1. The number of thiol groups is 1. The van der Waals surface area contributed by atoms with Gasteiger partial charge in [-0.3, -0.25) is 0 Å². The fourth-order valence-corrected chi connectivity index (χ4v) is 1.65. The molecule has 1 aromatic heterocycles. The Balaban J connectivity index is 2.76. The molecule has 0 aliphatic rings. The maximum absolute atomic E-state index is 10.6. The van der Waals surface area contributed by atoms with E-state index >= 15 is 0 Å². The van der Waals surface area contributed by atoms with Gasteiger partial charge in [0.25, 0.3) is 0 Å². The highest BCUT2D eigenvalue weighted by Gasteiger charge is 2.10. The van der Waals surface area contributed by atoms with Crippen molar-refractivity contribution in [3.63, 3.8) is 0 Å². The van der Waals surface area contributed by atoms with Crippen LogP contribution in [-0.4, -0.2) is 21.8 Å². The van der Waals surface area contributed by atoms with Crippen LogP contribution in [0.1, 0.15) is 21.8 Å². The lowest BCUT2D eigenvalue weighted by Crippen LogP contribution is -1.97. The minimum absolute atomic E-state index is 0.125. The highest BCUT2D eigenvalue weighted by molar-refractivity contribution is 7.80. The molecule has 13 heavy (non-hydrogen) atoms. The Hall–Kier alpha value is -0.810. The first kappa shape index (κ1) is 10.3. The first-order chi connectivity index (χ1) is 6.25. The quantitative estimate of drug-likeness (QED) is 0.757. The standard InChI is InChI=1S/C8H9NO2S2/c10-8(11)7-6(13-5-9-7)3-1-2-4-12/h1,3,5,12H,2,4H2,(H,10,11). The molecule has 5 heteroatoms. The van der Waals surface area contributed by atoms with Gasteiger partial charge in [0.2, 0.25) is 0 Å². The Bertz CT molecular complexity index is 320. The Labute approximate surface area is 85.5 Å². The first-order valence-corrected chi connectivity index (χ1v) is 5.21. The summed E-state index contributed by atoms with van der Waals surface area (Å²) in [6.45, 7) is 0. The summed E-state index contributed by atoms with van der Waals surface area (Å²) in [4.78, 5) is 15.0. The lowest BCUT2D eigenvalue weighted by atomic mass is 10.3. The van der Waals surface area contributed by atoms with Crippen molar-refractivity contribution in [2.24, 2.45) is 0 Å². The van der Waals surface area contributed by atoms with Crippen LogP contribution < -0.4 is 0 Å². The Kier molecular flexibility index (Phi) is 3.98. The molecule has 0 saturated heterocycles. The van der Waals surface area contributed by atoms with Crippen molar-refractivity contribution in [1.29, 1.82) is 0 Å². The summed E-state index contributed by atoms with van der Waals surface area (Å²) in [6, 6.07) is 0. The lowest BCUT2D eigenvalue weighted by Gasteiger charge is -1.89. The zero-order chi connectivity index (χ0) is 9.68. The van der Waals surface area contributed by atoms with E-state index in [0.717, 1.165) is 12.2 Å². The van der Waals surface area contributed by atoms with E-state index in [2.05, 4.69) is 17.6 Å². The van der Waals surface area contributed by atoms with Crippen molar-refractivity contribution in [2.45, 2.75) is 6.42 Å². The van der Waals surface area contributed by atoms with E-state index in [1.54, 1.807) is 6.08 Å². The Morgan fingerprint density at radius 3 is 3.15 bits per heavy atom. The van der Waals surface area contributed by atoms with E-state index in [9.17, 15) is 4.79 Å². The molecule has 0 aliphatic carbocycles. The summed E-state index contributed by atoms with van der Waals surface area (Å²) < 4.78 is 0. The number of thiazole rings is 1. The topological polar surface area (TPSA) is 50.2 Å². The molecule has 0 spiro atoms. The van der Waals surface area contributed by atoms with Gasteiger partial charge in [0.1, 0.15) is 0 Å². The number of carboxylic acids is 1. The maximum Gasteiger partial charge on any atom is 0.356 e. The number of hydrogen-bond acceptors (Lipinski definition) is 4. The molecular weight excluding hydrogens is 206 g/mol. The second-order valence-corrected chi connectivity index (χ2v) is 3.62. The van der Waals surface area contributed by atoms with E-state index in [1.165, 1.54) is 16.8 Å². The molecule has 3 nitrogen and oxygen atoms in total. The van der Waals surface area contributed by atoms with Gasteiger partial charge in [0, 0.05) is 0 Å². The number of aromatic carboxylic acids is 1. The van der Waals surface area contributed by atoms with Gasteiger partial charge < -0.3 is 5.11 Å². The normalized spacial score (nSPS) is 10.8. The van der Waals surface area contributed by atoms with E-state index in [0.29, 0.717) is 4.88 Å². The van der Waals surface area contributed by atoms with E-state index in [1.807, 2.05) is 6.08 Å². The Morgan fingerprint density at radius 1 is 1.77 bits per heavy atom. The zero-order valence-electron chi connectivity index (χ0n) is 6.80. The first-order valence-electron chi connectivity index (χ1n) is 3.70. The van der Waals surface area contributed by atoms with Crippen molar-refractivity contribution in [3.8, 4) is 0 Å². The molecule has 0 radical (unpaired) electrons. The van der Waals surface area contributed by atoms with Crippen molar-refractivity contribution < 1.29 is 9.90 Å². The number of nitrogens with zero attached hydrogens (tertiary/aromatic N) is 1. The number of hydrogen-bond donors (Lipinski definition) is 2. The zero-order valence-corrected chi connectivity index (χ0v) is 8.52. The summed E-state index contributed by atoms with van der Waals surface area (Å²) in [6.07, 6.45) is 4.50. The predicted octanol–water partition coefficient (Wildman–Crippen LogP) is 2.17. The predicted molar refractivity (Wildman–Crippen MR) is 56.6 cm³/mol. The minimum Gasteiger partial charge on any atom is -0.476 e. The van der Waals surface area contributed by atoms with Gasteiger partial charge >= 0.3 is 5.97 Å². The average molecular weight is 215 g/mol. The van der Waals surface area contributed by atoms with Crippen LogP contribution in [0.4, 0.5) is 0 Å². The van der Waals surface area contributed by atoms with Crippen LogP contribution in [0.2, 0.25) is 0 Å². The van der Waals surface area contributed by atoms with Crippen molar-refractivity contribution in [3.05, 3.63) is 22.2 Å². The third kappa shape index (κ3) is 2.86. The Morgan fingerprint density at radius 2 is 2.54 bits per heavy atom. The fraction of sp³-hybridized carbons (Fsp3) is 0.250. The van der Waals surface area contributed by atoms with Crippen molar-refractivity contribution in [1.82, 2.24) is 4.98 Å². The van der Waals surface area contributed by atoms with E-state index < -0.39 is 5.97 Å². The molecule has 0 bridgehead atoms. The van der Waals surface area contributed by atoms with Gasteiger partial charge in [0.05, 0.1) is 10.4 Å². The third-order valence-corrected chi connectivity index (χ3v) is 2.41. The van der Waals surface area contributed by atoms with Gasteiger partial charge in [-0.15, -0.1) is 11.3 Å². The van der Waals surface area contributed by atoms with Crippen LogP contribution in [0.5, 0.6) is 0 Å². The molecule has 0 aromatic carbocycles. The summed E-state index contributed by atoms with van der Waals surface area (Å²) in [7, 11) is 0. The van der Waals surface area contributed by atoms with Crippen molar-refractivity contribution >= 4 is 36.0 Å². The maximum atomic E-state index is 10.6. The van der Waals surface area contributed by atoms with Gasteiger partial charge in [-0.25, -0.2) is 9.78 Å². The number of aromatic nitrogens is 1. The highest BCUT2D eigenvalue weighted by Crippen LogP contribution is 2.15. The van der Waals surface area contributed by atoms with Crippen LogP contribution in [0.3, 0.4) is 0 Å². The van der Waals surface area contributed by atoms with Crippen LogP contribution >= 0.6 is 24.0 Å². The van der Waals surface area contributed by atoms with Gasteiger partial charge in [0.15, 0.2) is 5.69 Å². The minimum atomic E-state index is -0.980. The molecule has 1 aromatic rings. The monoisotopic (exact) mass is 215 g/mol. The molecule has 0 saturated carbocycles. The molecule has 0 unspecified atom stereocenters. The molecule has 1 heterocycles. The number of rotatable bonds is 4. The summed E-state index contributed by atoms with van der Waals surface area (Å²) in [5.74, 6) is -0.218. The van der Waals surface area contributed by atoms with E-state index in [-0.39, 0.29) is 5.69 Å². The molecule has 70 valence electrons. The van der Waals surface area contributed by atoms with Crippen molar-refractivity contribution in [2.75, 3.05) is 5.75 Å². The van der Waals surface area contributed by atoms with Gasteiger partial charge in [-0.2, -0.15) is 12.6 Å². The van der Waals surface area contributed by atoms with Gasteiger partial charge in [-0.1, -0.05) is 6.08 Å². The molecule has 0 amide bonds. The van der Waals surface area contributed by atoms with Crippen LogP contribution in [0, 0.1) is 0 Å². The molecule has 0 fully saturated rings. The SMILES string of the molecule is O=C(O)c1ncsc1C=CCCS. The van der Waals surface area contributed by atoms with Crippen LogP contribution in [0.15, 0.2) is 11.6 Å². The molecule has 0 aliphatic heterocycles. The lowest BCUT2D eigenvalue weighted by molar-refractivity contribution is 0.0691. The number of carboxylic acid groups (broad SMARTS) is 1. The molecule has 1 rings (SSSR count). The fourth-order valence-electron chi connectivity index (χ4n) is 0.799. The van der Waals surface area contributed by atoms with Crippen LogP contribution in [-0.2, 0) is 0 Å². The highest BCUT2D eigenvalue weighted by atomic mass is 32.1. The summed E-state index contributed by atoms with van der Waals surface area (Å²) in [5, 5.41) is 8.71. The molecule has 0 atom stereocenters. The molecular formula is C8H9NO2S2. The third-order valence-electron chi connectivity index (χ3n) is 1.36. The smallest absolute Gasteiger partial charge is 0.356 e. The summed E-state index contributed by atoms with van der Waals surface area (Å²) >= 11 is 5.36. The second-order valence-electron chi connectivity index (χ2n) is 2.29. The second kappa shape index (κ2) is 5.04. The van der Waals surface area contributed by atoms with Crippen LogP contribution in [0.25, 0.3) is 6.08 Å².